The van der Waals surface area contributed by atoms with Crippen LogP contribution in [0.4, 0.5) is 11.4 Å². The number of hydrogen-bond acceptors (Lipinski definition) is 3. The number of rotatable bonds is 8. The second kappa shape index (κ2) is 11.2. The Kier molecular flexibility index (Phi) is 7.84. The molecule has 1 atom stereocenters. The van der Waals surface area contributed by atoms with Gasteiger partial charge in [0, 0.05) is 49.0 Å². The summed E-state index contributed by atoms with van der Waals surface area (Å²) in [5, 5.41) is 5.31. The Morgan fingerprint density at radius 3 is 2.26 bits per heavy atom. The summed E-state index contributed by atoms with van der Waals surface area (Å²) in [4.78, 5) is 29.9. The lowest BCUT2D eigenvalue weighted by Gasteiger charge is -2.36. The zero-order valence-electron chi connectivity index (χ0n) is 20.3. The SMILES string of the molecule is CCCCC(CC)C(=O)Nc1ccc(N2CCN(C(=O)c3ccc4ccccc4c3)CC2)cc1. The van der Waals surface area contributed by atoms with E-state index in [1.165, 1.54) is 0 Å². The minimum absolute atomic E-state index is 0.0767. The molecule has 2 amide bonds. The molecule has 3 aromatic rings. The number of unbranched alkanes of at least 4 members (excludes halogenated alkanes) is 1. The summed E-state index contributed by atoms with van der Waals surface area (Å²) in [6, 6.07) is 22.1. The van der Waals surface area contributed by atoms with Gasteiger partial charge < -0.3 is 15.1 Å². The standard InChI is InChI=1S/C29H35N3O2/c1-3-5-8-22(4-2)28(33)30-26-13-15-27(16-14-26)31-17-19-32(20-18-31)29(34)25-12-11-23-9-6-7-10-24(23)21-25/h6-7,9-16,21-22H,3-5,8,17-20H2,1-2H3,(H,30,33). The molecule has 1 aliphatic rings. The Morgan fingerprint density at radius 2 is 1.59 bits per heavy atom. The first-order valence-corrected chi connectivity index (χ1v) is 12.5. The van der Waals surface area contributed by atoms with E-state index in [1.54, 1.807) is 0 Å². The Hall–Kier alpha value is -3.34. The van der Waals surface area contributed by atoms with E-state index in [2.05, 4.69) is 42.3 Å². The van der Waals surface area contributed by atoms with E-state index in [0.29, 0.717) is 13.1 Å². The molecule has 1 unspecified atom stereocenters. The molecule has 0 bridgehead atoms. The average Bonchev–Trinajstić information content (AvgIpc) is 2.89. The van der Waals surface area contributed by atoms with Crippen LogP contribution in [0.1, 0.15) is 49.9 Å². The van der Waals surface area contributed by atoms with E-state index in [4.69, 9.17) is 0 Å². The number of nitrogens with zero attached hydrogens (tertiary/aromatic N) is 2. The molecule has 1 heterocycles. The second-order valence-corrected chi connectivity index (χ2v) is 9.12. The molecule has 1 aliphatic heterocycles. The van der Waals surface area contributed by atoms with Crippen LogP contribution in [0.25, 0.3) is 10.8 Å². The van der Waals surface area contributed by atoms with E-state index in [-0.39, 0.29) is 17.7 Å². The number of anilines is 2. The maximum Gasteiger partial charge on any atom is 0.253 e. The summed E-state index contributed by atoms with van der Waals surface area (Å²) in [6.07, 6.45) is 4.01. The fourth-order valence-corrected chi connectivity index (χ4v) is 4.64. The summed E-state index contributed by atoms with van der Waals surface area (Å²) >= 11 is 0. The van der Waals surface area contributed by atoms with Crippen LogP contribution in [0, 0.1) is 5.92 Å². The molecule has 0 spiro atoms. The van der Waals surface area contributed by atoms with Crippen molar-refractivity contribution in [2.24, 2.45) is 5.92 Å². The summed E-state index contributed by atoms with van der Waals surface area (Å²) in [6.45, 7) is 7.20. The Bertz CT molecular complexity index is 1120. The third-order valence-electron chi connectivity index (χ3n) is 6.83. The number of piperazine rings is 1. The van der Waals surface area contributed by atoms with Gasteiger partial charge in [-0.15, -0.1) is 0 Å². The molecule has 5 heteroatoms. The average molecular weight is 458 g/mol. The van der Waals surface area contributed by atoms with Crippen molar-refractivity contribution in [2.45, 2.75) is 39.5 Å². The number of benzene rings is 3. The minimum Gasteiger partial charge on any atom is -0.368 e. The maximum absolute atomic E-state index is 13.0. The number of nitrogens with one attached hydrogen (secondary N) is 1. The molecule has 0 aromatic heterocycles. The topological polar surface area (TPSA) is 52.7 Å². The summed E-state index contributed by atoms with van der Waals surface area (Å²) in [7, 11) is 0. The smallest absolute Gasteiger partial charge is 0.253 e. The van der Waals surface area contributed by atoms with Crippen molar-refractivity contribution in [3.8, 4) is 0 Å². The van der Waals surface area contributed by atoms with Gasteiger partial charge in [-0.2, -0.15) is 0 Å². The van der Waals surface area contributed by atoms with Crippen LogP contribution in [0.3, 0.4) is 0 Å². The third kappa shape index (κ3) is 5.58. The van der Waals surface area contributed by atoms with Crippen molar-refractivity contribution in [2.75, 3.05) is 36.4 Å². The lowest BCUT2D eigenvalue weighted by atomic mass is 9.98. The molecule has 178 valence electrons. The third-order valence-corrected chi connectivity index (χ3v) is 6.83. The molecular formula is C29H35N3O2. The quantitative estimate of drug-likeness (QED) is 0.454. The number of fused-ring (bicyclic) bond motifs is 1. The van der Waals surface area contributed by atoms with Gasteiger partial charge in [0.1, 0.15) is 0 Å². The van der Waals surface area contributed by atoms with E-state index in [1.807, 2.05) is 53.4 Å². The van der Waals surface area contributed by atoms with Gasteiger partial charge in [0.15, 0.2) is 0 Å². The van der Waals surface area contributed by atoms with E-state index >= 15 is 0 Å². The number of amides is 2. The van der Waals surface area contributed by atoms with Crippen molar-refractivity contribution in [1.29, 1.82) is 0 Å². The van der Waals surface area contributed by atoms with Gasteiger partial charge in [-0.25, -0.2) is 0 Å². The van der Waals surface area contributed by atoms with Gasteiger partial charge in [-0.05, 0) is 60.0 Å². The molecule has 4 rings (SSSR count). The predicted molar refractivity (Wildman–Crippen MR) is 140 cm³/mol. The minimum atomic E-state index is 0.0767. The first kappa shape index (κ1) is 23.8. The van der Waals surface area contributed by atoms with Crippen LogP contribution in [-0.2, 0) is 4.79 Å². The van der Waals surface area contributed by atoms with Gasteiger partial charge in [-0.3, -0.25) is 9.59 Å². The fourth-order valence-electron chi connectivity index (χ4n) is 4.64. The molecule has 0 aliphatic carbocycles. The highest BCUT2D eigenvalue weighted by Crippen LogP contribution is 2.23. The van der Waals surface area contributed by atoms with Crippen LogP contribution >= 0.6 is 0 Å². The van der Waals surface area contributed by atoms with Crippen LogP contribution < -0.4 is 10.2 Å². The summed E-state index contributed by atoms with van der Waals surface area (Å²) in [5.74, 6) is 0.286. The zero-order valence-corrected chi connectivity index (χ0v) is 20.3. The maximum atomic E-state index is 13.0. The number of carbonyl (C=O) groups is 2. The monoisotopic (exact) mass is 457 g/mol. The van der Waals surface area contributed by atoms with Crippen molar-refractivity contribution in [3.05, 3.63) is 72.3 Å². The van der Waals surface area contributed by atoms with Crippen molar-refractivity contribution in [3.63, 3.8) is 0 Å². The van der Waals surface area contributed by atoms with Crippen molar-refractivity contribution < 1.29 is 9.59 Å². The summed E-state index contributed by atoms with van der Waals surface area (Å²) < 4.78 is 0. The normalized spacial score (nSPS) is 14.8. The largest absolute Gasteiger partial charge is 0.368 e. The van der Waals surface area contributed by atoms with Gasteiger partial charge in [0.2, 0.25) is 5.91 Å². The Balaban J connectivity index is 1.32. The van der Waals surface area contributed by atoms with Crippen LogP contribution in [-0.4, -0.2) is 42.9 Å². The van der Waals surface area contributed by atoms with Gasteiger partial charge >= 0.3 is 0 Å². The Labute approximate surface area is 202 Å². The fraction of sp³-hybridized carbons (Fsp3) is 0.379. The molecule has 1 saturated heterocycles. The number of hydrogen-bond donors (Lipinski definition) is 1. The molecule has 1 fully saturated rings. The molecule has 5 nitrogen and oxygen atoms in total. The highest BCUT2D eigenvalue weighted by molar-refractivity contribution is 5.98. The second-order valence-electron chi connectivity index (χ2n) is 9.12. The van der Waals surface area contributed by atoms with Crippen molar-refractivity contribution in [1.82, 2.24) is 4.90 Å². The van der Waals surface area contributed by atoms with Crippen LogP contribution in [0.5, 0.6) is 0 Å². The van der Waals surface area contributed by atoms with Crippen molar-refractivity contribution >= 4 is 34.0 Å². The van der Waals surface area contributed by atoms with Gasteiger partial charge in [0.05, 0.1) is 0 Å². The zero-order chi connectivity index (χ0) is 23.9. The molecule has 3 aromatic carbocycles. The Morgan fingerprint density at radius 1 is 0.882 bits per heavy atom. The van der Waals surface area contributed by atoms with Crippen LogP contribution in [0.2, 0.25) is 0 Å². The van der Waals surface area contributed by atoms with Gasteiger partial charge in [-0.1, -0.05) is 57.0 Å². The number of carbonyl (C=O) groups excluding carboxylic acids is 2. The van der Waals surface area contributed by atoms with Crippen LogP contribution in [0.15, 0.2) is 66.7 Å². The molecule has 0 radical (unpaired) electrons. The molecule has 0 saturated carbocycles. The van der Waals surface area contributed by atoms with E-state index < -0.39 is 0 Å². The van der Waals surface area contributed by atoms with E-state index in [9.17, 15) is 9.59 Å². The lowest BCUT2D eigenvalue weighted by molar-refractivity contribution is -0.120. The predicted octanol–water partition coefficient (Wildman–Crippen LogP) is 5.96. The lowest BCUT2D eigenvalue weighted by Crippen LogP contribution is -2.48. The first-order valence-electron chi connectivity index (χ1n) is 12.5. The highest BCUT2D eigenvalue weighted by atomic mass is 16.2. The molecule has 34 heavy (non-hydrogen) atoms. The molecular weight excluding hydrogens is 422 g/mol. The molecule has 1 N–H and O–H groups in total. The van der Waals surface area contributed by atoms with Gasteiger partial charge in [0.25, 0.3) is 5.91 Å². The highest BCUT2D eigenvalue weighted by Gasteiger charge is 2.23. The first-order chi connectivity index (χ1) is 16.6. The summed E-state index contributed by atoms with van der Waals surface area (Å²) in [5.41, 5.74) is 2.71. The van der Waals surface area contributed by atoms with E-state index in [0.717, 1.165) is 66.5 Å².